The van der Waals surface area contributed by atoms with Crippen molar-refractivity contribution in [3.05, 3.63) is 11.6 Å². The summed E-state index contributed by atoms with van der Waals surface area (Å²) in [4.78, 5) is 26.8. The number of aliphatic hydroxyl groups is 4. The van der Waals surface area contributed by atoms with E-state index >= 15 is 0 Å². The molecule has 3 aliphatic rings. The summed E-state index contributed by atoms with van der Waals surface area (Å²) >= 11 is 0. The molecule has 3 fully saturated rings. The summed E-state index contributed by atoms with van der Waals surface area (Å²) in [6.07, 6.45) is -11.4. The molecule has 57 heavy (non-hydrogen) atoms. The number of carbonyl (C=O) groups excluding carboxylic acids is 2. The highest BCUT2D eigenvalue weighted by Crippen LogP contribution is 2.59. The van der Waals surface area contributed by atoms with E-state index in [2.05, 4.69) is 19.9 Å². The van der Waals surface area contributed by atoms with Gasteiger partial charge in [0.15, 0.2) is 12.2 Å². The maximum atomic E-state index is 13.9. The smallest absolute Gasteiger partial charge is 0.338 e. The van der Waals surface area contributed by atoms with Gasteiger partial charge in [-0.05, 0) is 107 Å². The minimum atomic E-state index is -1.55. The highest BCUT2D eigenvalue weighted by Gasteiger charge is 2.59. The van der Waals surface area contributed by atoms with Crippen LogP contribution in [0.3, 0.4) is 0 Å². The number of aliphatic hydroxyl groups excluding tert-OH is 4. The van der Waals surface area contributed by atoms with Gasteiger partial charge in [0.2, 0.25) is 0 Å². The molecule has 1 saturated carbocycles. The van der Waals surface area contributed by atoms with E-state index in [-0.39, 0.29) is 48.9 Å². The zero-order valence-corrected chi connectivity index (χ0v) is 37.7. The van der Waals surface area contributed by atoms with Crippen molar-refractivity contribution in [1.29, 1.82) is 0 Å². The normalized spacial score (nSPS) is 33.6. The Balaban J connectivity index is 1.79. The van der Waals surface area contributed by atoms with Gasteiger partial charge in [0.05, 0.1) is 48.8 Å². The molecule has 332 valence electrons. The maximum Gasteiger partial charge on any atom is 0.338 e. The van der Waals surface area contributed by atoms with Crippen molar-refractivity contribution in [2.75, 3.05) is 20.3 Å². The molecule has 3 rings (SSSR count). The molecular weight excluding hydrogens is 740 g/mol. The first-order valence-corrected chi connectivity index (χ1v) is 20.5. The highest BCUT2D eigenvalue weighted by molar-refractivity contribution is 5.76. The third-order valence-electron chi connectivity index (χ3n) is 12.3. The quantitative estimate of drug-likeness (QED) is 0.113. The van der Waals surface area contributed by atoms with E-state index in [0.29, 0.717) is 0 Å². The van der Waals surface area contributed by atoms with Crippen LogP contribution in [0.15, 0.2) is 11.6 Å². The highest BCUT2D eigenvalue weighted by atomic mass is 16.6. The van der Waals surface area contributed by atoms with Crippen molar-refractivity contribution in [1.82, 2.24) is 0 Å². The van der Waals surface area contributed by atoms with Crippen LogP contribution in [0.1, 0.15) is 117 Å². The van der Waals surface area contributed by atoms with E-state index in [4.69, 9.17) is 37.9 Å². The van der Waals surface area contributed by atoms with Crippen LogP contribution >= 0.6 is 0 Å². The summed E-state index contributed by atoms with van der Waals surface area (Å²) < 4.78 is 48.3. The van der Waals surface area contributed by atoms with Crippen molar-refractivity contribution in [2.45, 2.75) is 207 Å². The van der Waals surface area contributed by atoms with Gasteiger partial charge in [-0.3, -0.25) is 0 Å². The molecule has 14 nitrogen and oxygen atoms in total. The van der Waals surface area contributed by atoms with Crippen LogP contribution in [0.5, 0.6) is 0 Å². The molecule has 0 aromatic heterocycles. The summed E-state index contributed by atoms with van der Waals surface area (Å²) in [5, 5.41) is 45.6. The molecule has 0 aromatic carbocycles. The Hall–Kier alpha value is -1.72. The number of ether oxygens (including phenoxy) is 8. The molecule has 2 heterocycles. The number of rotatable bonds is 18. The van der Waals surface area contributed by atoms with Crippen LogP contribution < -0.4 is 0 Å². The number of esters is 2. The lowest BCUT2D eigenvalue weighted by molar-refractivity contribution is -0.296. The largest absolute Gasteiger partial charge is 0.467 e. The van der Waals surface area contributed by atoms with Crippen molar-refractivity contribution in [2.24, 2.45) is 23.2 Å². The van der Waals surface area contributed by atoms with Crippen LogP contribution in [0.2, 0.25) is 0 Å². The van der Waals surface area contributed by atoms with Crippen LogP contribution in [0, 0.1) is 23.2 Å². The van der Waals surface area contributed by atoms with E-state index in [1.165, 1.54) is 12.7 Å². The zero-order chi connectivity index (χ0) is 43.8. The predicted molar refractivity (Wildman–Crippen MR) is 212 cm³/mol. The predicted octanol–water partition coefficient (Wildman–Crippen LogP) is 4.29. The Morgan fingerprint density at radius 3 is 1.72 bits per heavy atom. The van der Waals surface area contributed by atoms with E-state index in [9.17, 15) is 30.0 Å². The molecule has 0 aromatic rings. The van der Waals surface area contributed by atoms with Crippen LogP contribution in [0.4, 0.5) is 0 Å². The molecule has 14 heteroatoms. The third kappa shape index (κ3) is 11.8. The summed E-state index contributed by atoms with van der Waals surface area (Å²) in [5.74, 6) is -1.12. The molecule has 2 aliphatic heterocycles. The van der Waals surface area contributed by atoms with Gasteiger partial charge in [0.25, 0.3) is 0 Å². The van der Waals surface area contributed by atoms with Crippen molar-refractivity contribution in [3.63, 3.8) is 0 Å². The first-order valence-electron chi connectivity index (χ1n) is 20.5. The van der Waals surface area contributed by atoms with Crippen LogP contribution in [-0.2, 0) is 47.5 Å². The average molecular weight is 817 g/mol. The van der Waals surface area contributed by atoms with E-state index in [0.717, 1.165) is 0 Å². The molecule has 4 unspecified atom stereocenters. The monoisotopic (exact) mass is 817 g/mol. The van der Waals surface area contributed by atoms with Gasteiger partial charge in [-0.15, -0.1) is 0 Å². The first-order chi connectivity index (χ1) is 25.9. The third-order valence-corrected chi connectivity index (χ3v) is 12.3. The van der Waals surface area contributed by atoms with Crippen molar-refractivity contribution >= 4 is 11.9 Å². The van der Waals surface area contributed by atoms with Gasteiger partial charge < -0.3 is 58.3 Å². The van der Waals surface area contributed by atoms with Gasteiger partial charge in [0.1, 0.15) is 48.8 Å². The van der Waals surface area contributed by atoms with Crippen molar-refractivity contribution in [3.8, 4) is 0 Å². The average Bonchev–Trinajstić information content (AvgIpc) is 3.58. The molecule has 0 spiro atoms. The maximum absolute atomic E-state index is 13.9. The number of hydrogen-bond acceptors (Lipinski definition) is 14. The Kier molecular flexibility index (Phi) is 16.1. The standard InChI is InChI=1S/C43H76O14/c1-22(2)20-25-26(40(25,9)10)21-51-38(49)34-31(27(44)30(47)36(54-34)43(15,16)55-24(5)6)56-39(7,8)18-19-52-42(13,14)35-29(46)28(45)32(33(53-35)37(48)50-17)57-41(11,12)23(3)4/h20,23-36,44-47H,18-19,21H2,1-17H3/t25?,26?,27-,28-,29+,30+,31+,32+,33?,34?,35-,36-/m1/s1. The molecule has 12 atom stereocenters. The number of hydrogen-bond donors (Lipinski definition) is 4. The van der Waals surface area contributed by atoms with E-state index < -0.39 is 95.4 Å². The molecular formula is C43H76O14. The molecule has 0 amide bonds. The Bertz CT molecular complexity index is 1380. The number of carbonyl (C=O) groups is 2. The number of allylic oxidation sites excluding steroid dienone is 2. The fourth-order valence-electron chi connectivity index (χ4n) is 7.93. The minimum absolute atomic E-state index is 0.0105. The summed E-state index contributed by atoms with van der Waals surface area (Å²) in [6, 6.07) is 0. The van der Waals surface area contributed by atoms with Gasteiger partial charge in [-0.25, -0.2) is 9.59 Å². The Morgan fingerprint density at radius 2 is 1.25 bits per heavy atom. The van der Waals surface area contributed by atoms with Crippen molar-refractivity contribution < 1.29 is 67.9 Å². The number of methoxy groups -OCH3 is 1. The molecule has 1 aliphatic carbocycles. The lowest BCUT2D eigenvalue weighted by Crippen LogP contribution is -2.67. The fraction of sp³-hybridized carbons (Fsp3) is 0.907. The second kappa shape index (κ2) is 18.5. The second-order valence-corrected chi connectivity index (χ2v) is 19.9. The fourth-order valence-corrected chi connectivity index (χ4v) is 7.93. The SMILES string of the molecule is COC(=O)C1O[C@@H](C(C)(C)OCCC(C)(C)O[C@@H]2C(C(=O)OCC3C(C=C(C)C)C3(C)C)O[C@@H](C(C)(C)OC(C)C)[C@@H](O)[C@H]2O)[C@@H](O)[C@@H](O)[C@@H]1OC(C)(C)C(C)C. The summed E-state index contributed by atoms with van der Waals surface area (Å²) in [5.41, 5.74) is -3.07. The first kappa shape index (κ1) is 49.6. The lowest BCUT2D eigenvalue weighted by Gasteiger charge is -2.49. The van der Waals surface area contributed by atoms with E-state index in [1.807, 2.05) is 55.4 Å². The summed E-state index contributed by atoms with van der Waals surface area (Å²) in [7, 11) is 1.21. The molecule has 4 N–H and O–H groups in total. The molecule has 2 saturated heterocycles. The van der Waals surface area contributed by atoms with E-state index in [1.54, 1.807) is 41.5 Å². The zero-order valence-electron chi connectivity index (χ0n) is 37.7. The Labute approximate surface area is 341 Å². The second-order valence-electron chi connectivity index (χ2n) is 19.9. The van der Waals surface area contributed by atoms with Gasteiger partial charge in [0, 0.05) is 5.92 Å². The van der Waals surface area contributed by atoms with Crippen LogP contribution in [-0.4, -0.2) is 142 Å². The molecule has 0 radical (unpaired) electrons. The van der Waals surface area contributed by atoms with Crippen LogP contribution in [0.25, 0.3) is 0 Å². The lowest BCUT2D eigenvalue weighted by atomic mass is 9.85. The topological polar surface area (TPSA) is 189 Å². The van der Waals surface area contributed by atoms with Gasteiger partial charge in [-0.2, -0.15) is 0 Å². The minimum Gasteiger partial charge on any atom is -0.467 e. The Morgan fingerprint density at radius 1 is 0.754 bits per heavy atom. The van der Waals surface area contributed by atoms with Gasteiger partial charge in [-0.1, -0.05) is 39.3 Å². The molecule has 0 bridgehead atoms. The van der Waals surface area contributed by atoms with Gasteiger partial charge >= 0.3 is 11.9 Å². The summed E-state index contributed by atoms with van der Waals surface area (Å²) in [6.45, 7) is 30.0.